The van der Waals surface area contributed by atoms with Gasteiger partial charge in [0.2, 0.25) is 11.8 Å². The topological polar surface area (TPSA) is 186 Å². The first-order valence-corrected chi connectivity index (χ1v) is 9.11. The Labute approximate surface area is 158 Å². The van der Waals surface area contributed by atoms with Gasteiger partial charge in [-0.15, -0.1) is 0 Å². The normalized spacial score (nSPS) is 14.0. The number of aliphatic imine (C=N–C) groups is 1. The van der Waals surface area contributed by atoms with E-state index in [2.05, 4.69) is 28.3 Å². The van der Waals surface area contributed by atoms with E-state index in [4.69, 9.17) is 17.2 Å². The molecule has 26 heavy (non-hydrogen) atoms. The molecule has 0 bridgehead atoms. The van der Waals surface area contributed by atoms with Crippen molar-refractivity contribution in [1.82, 2.24) is 10.6 Å². The summed E-state index contributed by atoms with van der Waals surface area (Å²) in [6.07, 6.45) is 2.41. The third-order valence-electron chi connectivity index (χ3n) is 3.57. The molecule has 0 fully saturated rings. The molecule has 0 rings (SSSR count). The van der Waals surface area contributed by atoms with Gasteiger partial charge in [0.1, 0.15) is 12.1 Å². The second-order valence-corrected chi connectivity index (χ2v) is 6.21. The van der Waals surface area contributed by atoms with E-state index in [-0.39, 0.29) is 24.7 Å². The minimum Gasteiger partial charge on any atom is -0.480 e. The second kappa shape index (κ2) is 13.2. The lowest BCUT2D eigenvalue weighted by Gasteiger charge is -2.22. The van der Waals surface area contributed by atoms with Gasteiger partial charge in [0.05, 0.1) is 6.04 Å². The number of guanidine groups is 1. The molecule has 0 heterocycles. The highest BCUT2D eigenvalue weighted by Crippen LogP contribution is 2.05. The fourth-order valence-electron chi connectivity index (χ4n) is 2.07. The number of unbranched alkanes of at least 4 members (excludes halogenated alkanes) is 1. The summed E-state index contributed by atoms with van der Waals surface area (Å²) in [6, 6.07) is -2.83. The minimum atomic E-state index is -1.12. The van der Waals surface area contributed by atoms with Gasteiger partial charge in [-0.05, 0) is 19.3 Å². The molecule has 0 spiro atoms. The average Bonchev–Trinajstić information content (AvgIpc) is 2.59. The molecular weight excluding hydrogens is 360 g/mol. The summed E-state index contributed by atoms with van der Waals surface area (Å²) in [7, 11) is 0. The van der Waals surface area contributed by atoms with Crippen molar-refractivity contribution >= 4 is 36.4 Å². The van der Waals surface area contributed by atoms with E-state index in [1.807, 2.05) is 6.92 Å². The van der Waals surface area contributed by atoms with E-state index in [9.17, 15) is 19.5 Å². The number of nitrogens with one attached hydrogen (secondary N) is 2. The molecule has 0 aliphatic carbocycles. The zero-order valence-electron chi connectivity index (χ0n) is 15.0. The molecule has 0 saturated heterocycles. The van der Waals surface area contributed by atoms with Crippen LogP contribution >= 0.6 is 12.6 Å². The molecule has 0 aromatic rings. The molecule has 0 saturated carbocycles. The van der Waals surface area contributed by atoms with Crippen LogP contribution in [0.3, 0.4) is 0 Å². The van der Waals surface area contributed by atoms with Crippen LogP contribution in [0.5, 0.6) is 0 Å². The summed E-state index contributed by atoms with van der Waals surface area (Å²) in [5.41, 5.74) is 16.1. The number of carbonyl (C=O) groups excluding carboxylic acids is 2. The third-order valence-corrected chi connectivity index (χ3v) is 3.97. The molecule has 0 unspecified atom stereocenters. The largest absolute Gasteiger partial charge is 0.480 e. The number of hydrogen-bond donors (Lipinski definition) is 7. The van der Waals surface area contributed by atoms with E-state index in [1.54, 1.807) is 0 Å². The lowest BCUT2D eigenvalue weighted by molar-refractivity contribution is -0.142. The zero-order valence-corrected chi connectivity index (χ0v) is 15.9. The predicted molar refractivity (Wildman–Crippen MR) is 103 cm³/mol. The van der Waals surface area contributed by atoms with Crippen molar-refractivity contribution in [2.75, 3.05) is 12.3 Å². The van der Waals surface area contributed by atoms with Gasteiger partial charge in [0.15, 0.2) is 5.96 Å². The standard InChI is InChI=1S/C15H30N6O4S/c1-2-3-5-11(14(24)25)21-13(23)10(6-4-7-19-15(17)18)20-12(22)9(16)8-26/h9-11,26H,2-8,16H2,1H3,(H,20,22)(H,21,23)(H,24,25)(H4,17,18,19)/t9-,10-,11-/m0/s1. The van der Waals surface area contributed by atoms with Gasteiger partial charge in [-0.2, -0.15) is 12.6 Å². The summed E-state index contributed by atoms with van der Waals surface area (Å²) in [4.78, 5) is 39.5. The fraction of sp³-hybridized carbons (Fsp3) is 0.733. The van der Waals surface area contributed by atoms with Gasteiger partial charge < -0.3 is 32.9 Å². The Morgan fingerprint density at radius 3 is 2.15 bits per heavy atom. The molecular formula is C15H30N6O4S. The van der Waals surface area contributed by atoms with Crippen molar-refractivity contribution in [2.45, 2.75) is 57.2 Å². The molecule has 3 atom stereocenters. The molecule has 9 N–H and O–H groups in total. The van der Waals surface area contributed by atoms with Crippen LogP contribution in [0.15, 0.2) is 4.99 Å². The number of carbonyl (C=O) groups is 3. The van der Waals surface area contributed by atoms with Crippen molar-refractivity contribution in [2.24, 2.45) is 22.2 Å². The van der Waals surface area contributed by atoms with Gasteiger partial charge in [-0.1, -0.05) is 19.8 Å². The number of nitrogens with zero attached hydrogens (tertiary/aromatic N) is 1. The molecule has 11 heteroatoms. The number of thiol groups is 1. The molecule has 0 radical (unpaired) electrons. The summed E-state index contributed by atoms with van der Waals surface area (Å²) in [5, 5.41) is 14.2. The second-order valence-electron chi connectivity index (χ2n) is 5.84. The van der Waals surface area contributed by atoms with E-state index in [1.165, 1.54) is 0 Å². The van der Waals surface area contributed by atoms with Crippen molar-refractivity contribution in [3.63, 3.8) is 0 Å². The summed E-state index contributed by atoms with van der Waals surface area (Å²) >= 11 is 3.95. The van der Waals surface area contributed by atoms with Crippen LogP contribution in [0.2, 0.25) is 0 Å². The van der Waals surface area contributed by atoms with E-state index < -0.39 is 35.9 Å². The molecule has 150 valence electrons. The molecule has 2 amide bonds. The quantitative estimate of drug-likeness (QED) is 0.0866. The van der Waals surface area contributed by atoms with Gasteiger partial charge in [0.25, 0.3) is 0 Å². The van der Waals surface area contributed by atoms with Crippen molar-refractivity contribution in [1.29, 1.82) is 0 Å². The van der Waals surface area contributed by atoms with Crippen molar-refractivity contribution in [3.05, 3.63) is 0 Å². The summed E-state index contributed by atoms with van der Waals surface area (Å²) < 4.78 is 0. The average molecular weight is 391 g/mol. The lowest BCUT2D eigenvalue weighted by Crippen LogP contribution is -2.54. The highest BCUT2D eigenvalue weighted by Gasteiger charge is 2.27. The maximum absolute atomic E-state index is 12.5. The van der Waals surface area contributed by atoms with Crippen LogP contribution in [0, 0.1) is 0 Å². The Morgan fingerprint density at radius 2 is 1.65 bits per heavy atom. The number of carboxylic acid groups (broad SMARTS) is 1. The molecule has 10 nitrogen and oxygen atoms in total. The Morgan fingerprint density at radius 1 is 1.08 bits per heavy atom. The number of aliphatic carboxylic acids is 1. The Hall–Kier alpha value is -2.01. The van der Waals surface area contributed by atoms with Gasteiger partial charge in [0, 0.05) is 12.3 Å². The third kappa shape index (κ3) is 10.1. The highest BCUT2D eigenvalue weighted by molar-refractivity contribution is 7.80. The van der Waals surface area contributed by atoms with Crippen molar-refractivity contribution < 1.29 is 19.5 Å². The molecule has 0 aliphatic rings. The number of nitrogens with two attached hydrogens (primary N) is 3. The van der Waals surface area contributed by atoms with Gasteiger partial charge in [-0.3, -0.25) is 14.6 Å². The number of carboxylic acids is 1. The SMILES string of the molecule is CCCC[C@H](NC(=O)[C@H](CCCN=C(N)N)NC(=O)[C@@H](N)CS)C(=O)O. The van der Waals surface area contributed by atoms with Crippen LogP contribution in [-0.4, -0.2) is 59.3 Å². The fourth-order valence-corrected chi connectivity index (χ4v) is 2.24. The number of rotatable bonds is 13. The monoisotopic (exact) mass is 390 g/mol. The maximum atomic E-state index is 12.5. The lowest BCUT2D eigenvalue weighted by atomic mass is 10.1. The summed E-state index contributed by atoms with van der Waals surface area (Å²) in [6.45, 7) is 2.20. The van der Waals surface area contributed by atoms with E-state index >= 15 is 0 Å². The van der Waals surface area contributed by atoms with Crippen LogP contribution in [-0.2, 0) is 14.4 Å². The van der Waals surface area contributed by atoms with Crippen LogP contribution < -0.4 is 27.8 Å². The van der Waals surface area contributed by atoms with Gasteiger partial charge >= 0.3 is 5.97 Å². The Balaban J connectivity index is 4.96. The number of hydrogen-bond acceptors (Lipinski definition) is 6. The molecule has 0 aromatic heterocycles. The number of amides is 2. The smallest absolute Gasteiger partial charge is 0.326 e. The Bertz CT molecular complexity index is 499. The van der Waals surface area contributed by atoms with Gasteiger partial charge in [-0.25, -0.2) is 4.79 Å². The Kier molecular flexibility index (Phi) is 12.2. The molecule has 0 aliphatic heterocycles. The maximum Gasteiger partial charge on any atom is 0.326 e. The minimum absolute atomic E-state index is 0.0716. The zero-order chi connectivity index (χ0) is 20.1. The predicted octanol–water partition coefficient (Wildman–Crippen LogP) is -1.46. The first kappa shape index (κ1) is 24.0. The first-order valence-electron chi connectivity index (χ1n) is 8.48. The molecule has 0 aromatic carbocycles. The van der Waals surface area contributed by atoms with Crippen LogP contribution in [0.1, 0.15) is 39.0 Å². The first-order chi connectivity index (χ1) is 12.2. The summed E-state index contributed by atoms with van der Waals surface area (Å²) in [5.74, 6) is -2.20. The van der Waals surface area contributed by atoms with Crippen LogP contribution in [0.4, 0.5) is 0 Å². The van der Waals surface area contributed by atoms with E-state index in [0.717, 1.165) is 6.42 Å². The van der Waals surface area contributed by atoms with E-state index in [0.29, 0.717) is 19.3 Å². The van der Waals surface area contributed by atoms with Crippen LogP contribution in [0.25, 0.3) is 0 Å². The highest BCUT2D eigenvalue weighted by atomic mass is 32.1. The van der Waals surface area contributed by atoms with Crippen molar-refractivity contribution in [3.8, 4) is 0 Å².